The molecule has 1 aromatic carbocycles. The van der Waals surface area contributed by atoms with Gasteiger partial charge in [-0.1, -0.05) is 11.6 Å². The topological polar surface area (TPSA) is 53.1 Å². The van der Waals surface area contributed by atoms with Gasteiger partial charge in [-0.25, -0.2) is 0 Å². The van der Waals surface area contributed by atoms with E-state index in [0.717, 1.165) is 45.3 Å². The lowest BCUT2D eigenvalue weighted by Gasteiger charge is -2.44. The fourth-order valence-electron chi connectivity index (χ4n) is 5.33. The Morgan fingerprint density at radius 1 is 1.10 bits per heavy atom. The standard InChI is InChI=1S/C22H30ClN3O3/c1-24-11-4-8-22(24)9-13-25(14-10-22)21(28)18-5-3-12-26(18)20(27)17-15-16(23)6-7-19(17)29-2/h6-7,15,18H,3-5,8-14H2,1-2H3. The Labute approximate surface area is 177 Å². The number of amides is 2. The van der Waals surface area contributed by atoms with Crippen LogP contribution in [0, 0.1) is 0 Å². The zero-order valence-electron chi connectivity index (χ0n) is 17.3. The number of benzene rings is 1. The fourth-order valence-corrected chi connectivity index (χ4v) is 5.50. The molecule has 3 fully saturated rings. The lowest BCUT2D eigenvalue weighted by Crippen LogP contribution is -2.55. The first-order valence-electron chi connectivity index (χ1n) is 10.6. The van der Waals surface area contributed by atoms with E-state index in [9.17, 15) is 9.59 Å². The van der Waals surface area contributed by atoms with Gasteiger partial charge < -0.3 is 19.4 Å². The van der Waals surface area contributed by atoms with Crippen molar-refractivity contribution in [1.29, 1.82) is 0 Å². The third-order valence-corrected chi connectivity index (χ3v) is 7.38. The summed E-state index contributed by atoms with van der Waals surface area (Å²) in [6.07, 6.45) is 6.08. The molecule has 0 saturated carbocycles. The quantitative estimate of drug-likeness (QED) is 0.755. The van der Waals surface area contributed by atoms with Gasteiger partial charge in [-0.15, -0.1) is 0 Å². The fraction of sp³-hybridized carbons (Fsp3) is 0.636. The molecule has 3 aliphatic rings. The molecular formula is C22H30ClN3O3. The molecule has 4 rings (SSSR count). The van der Waals surface area contributed by atoms with E-state index in [4.69, 9.17) is 16.3 Å². The normalized spacial score (nSPS) is 24.3. The van der Waals surface area contributed by atoms with Crippen molar-refractivity contribution in [1.82, 2.24) is 14.7 Å². The monoisotopic (exact) mass is 419 g/mol. The summed E-state index contributed by atoms with van der Waals surface area (Å²) in [5.74, 6) is 0.401. The molecule has 1 aromatic rings. The van der Waals surface area contributed by atoms with Crippen molar-refractivity contribution >= 4 is 23.4 Å². The second-order valence-corrected chi connectivity index (χ2v) is 9.01. The molecule has 1 spiro atoms. The molecule has 0 aromatic heterocycles. The van der Waals surface area contributed by atoms with E-state index in [2.05, 4.69) is 11.9 Å². The van der Waals surface area contributed by atoms with Gasteiger partial charge in [-0.3, -0.25) is 9.59 Å². The van der Waals surface area contributed by atoms with Crippen molar-refractivity contribution in [3.63, 3.8) is 0 Å². The first kappa shape index (κ1) is 20.5. The van der Waals surface area contributed by atoms with Gasteiger partial charge in [0.25, 0.3) is 5.91 Å². The Bertz CT molecular complexity index is 792. The van der Waals surface area contributed by atoms with Crippen molar-refractivity contribution in [2.24, 2.45) is 0 Å². The van der Waals surface area contributed by atoms with Crippen molar-refractivity contribution < 1.29 is 14.3 Å². The summed E-state index contributed by atoms with van der Waals surface area (Å²) in [4.78, 5) is 32.7. The second-order valence-electron chi connectivity index (χ2n) is 8.58. The minimum atomic E-state index is -0.387. The van der Waals surface area contributed by atoms with Crippen molar-refractivity contribution in [2.75, 3.05) is 40.3 Å². The lowest BCUT2D eigenvalue weighted by atomic mass is 9.85. The zero-order valence-corrected chi connectivity index (χ0v) is 18.1. The minimum Gasteiger partial charge on any atom is -0.496 e. The molecule has 2 amide bonds. The molecule has 0 aliphatic carbocycles. The number of piperidine rings is 1. The van der Waals surface area contributed by atoms with E-state index in [1.54, 1.807) is 23.1 Å². The third kappa shape index (κ3) is 3.73. The van der Waals surface area contributed by atoms with Crippen LogP contribution >= 0.6 is 11.6 Å². The maximum atomic E-state index is 13.3. The predicted molar refractivity (Wildman–Crippen MR) is 112 cm³/mol. The van der Waals surface area contributed by atoms with Crippen molar-refractivity contribution in [3.05, 3.63) is 28.8 Å². The highest BCUT2D eigenvalue weighted by molar-refractivity contribution is 6.31. The molecule has 7 heteroatoms. The second kappa shape index (κ2) is 8.15. The molecule has 1 atom stereocenters. The molecule has 0 N–H and O–H groups in total. The van der Waals surface area contributed by atoms with E-state index in [1.165, 1.54) is 20.0 Å². The molecule has 158 valence electrons. The van der Waals surface area contributed by atoms with E-state index < -0.39 is 0 Å². The van der Waals surface area contributed by atoms with Crippen LogP contribution in [0.2, 0.25) is 5.02 Å². The van der Waals surface area contributed by atoms with Crippen LogP contribution in [0.1, 0.15) is 48.9 Å². The Balaban J connectivity index is 1.47. The largest absolute Gasteiger partial charge is 0.496 e. The van der Waals surface area contributed by atoms with Crippen LogP contribution in [0.3, 0.4) is 0 Å². The summed E-state index contributed by atoms with van der Waals surface area (Å²) in [7, 11) is 3.75. The molecule has 0 radical (unpaired) electrons. The summed E-state index contributed by atoms with van der Waals surface area (Å²) in [6.45, 7) is 3.30. The van der Waals surface area contributed by atoms with Crippen LogP contribution < -0.4 is 4.74 Å². The highest BCUT2D eigenvalue weighted by atomic mass is 35.5. The van der Waals surface area contributed by atoms with Gasteiger partial charge in [0.05, 0.1) is 12.7 Å². The van der Waals surface area contributed by atoms with E-state index in [-0.39, 0.29) is 23.4 Å². The smallest absolute Gasteiger partial charge is 0.258 e. The predicted octanol–water partition coefficient (Wildman–Crippen LogP) is 3.04. The number of ether oxygens (including phenoxy) is 1. The maximum absolute atomic E-state index is 13.3. The number of rotatable bonds is 3. The number of halogens is 1. The molecule has 6 nitrogen and oxygen atoms in total. The van der Waals surface area contributed by atoms with Crippen LogP contribution in [-0.4, -0.2) is 78.4 Å². The van der Waals surface area contributed by atoms with Gasteiger partial charge in [0.15, 0.2) is 0 Å². The number of carbonyl (C=O) groups is 2. The highest BCUT2D eigenvalue weighted by Crippen LogP contribution is 2.38. The minimum absolute atomic E-state index is 0.0901. The number of hydrogen-bond donors (Lipinski definition) is 0. The number of hydrogen-bond acceptors (Lipinski definition) is 4. The number of nitrogens with zero attached hydrogens (tertiary/aromatic N) is 3. The average molecular weight is 420 g/mol. The Kier molecular flexibility index (Phi) is 5.76. The number of carbonyl (C=O) groups excluding carboxylic acids is 2. The van der Waals surface area contributed by atoms with E-state index in [0.29, 0.717) is 22.9 Å². The van der Waals surface area contributed by atoms with Gasteiger partial charge in [-0.2, -0.15) is 0 Å². The van der Waals surface area contributed by atoms with Gasteiger partial charge in [0, 0.05) is 30.2 Å². The van der Waals surface area contributed by atoms with Crippen LogP contribution in [0.15, 0.2) is 18.2 Å². The first-order valence-corrected chi connectivity index (χ1v) is 11.0. The summed E-state index contributed by atoms with van der Waals surface area (Å²) >= 11 is 6.11. The summed E-state index contributed by atoms with van der Waals surface area (Å²) in [5.41, 5.74) is 0.695. The third-order valence-electron chi connectivity index (χ3n) is 7.14. The molecule has 3 heterocycles. The summed E-state index contributed by atoms with van der Waals surface area (Å²) in [5, 5.41) is 0.484. The molecular weight excluding hydrogens is 390 g/mol. The van der Waals surface area contributed by atoms with Gasteiger partial charge in [-0.05, 0) is 70.3 Å². The molecule has 29 heavy (non-hydrogen) atoms. The van der Waals surface area contributed by atoms with Crippen LogP contribution in [0.4, 0.5) is 0 Å². The van der Waals surface area contributed by atoms with E-state index in [1.807, 2.05) is 4.90 Å². The highest BCUT2D eigenvalue weighted by Gasteiger charge is 2.44. The number of likely N-dealkylation sites (tertiary alicyclic amines) is 3. The van der Waals surface area contributed by atoms with Crippen LogP contribution in [0.25, 0.3) is 0 Å². The zero-order chi connectivity index (χ0) is 20.6. The first-order chi connectivity index (χ1) is 13.9. The van der Waals surface area contributed by atoms with Crippen molar-refractivity contribution in [2.45, 2.75) is 50.1 Å². The average Bonchev–Trinajstić information content (AvgIpc) is 3.35. The summed E-state index contributed by atoms with van der Waals surface area (Å²) in [6, 6.07) is 4.64. The molecule has 0 bridgehead atoms. The van der Waals surface area contributed by atoms with Gasteiger partial charge >= 0.3 is 0 Å². The Hall–Kier alpha value is -1.79. The van der Waals surface area contributed by atoms with E-state index >= 15 is 0 Å². The van der Waals surface area contributed by atoms with Crippen LogP contribution in [-0.2, 0) is 4.79 Å². The lowest BCUT2D eigenvalue weighted by molar-refractivity contribution is -0.137. The Morgan fingerprint density at radius 3 is 2.52 bits per heavy atom. The molecule has 3 saturated heterocycles. The van der Waals surface area contributed by atoms with Crippen LogP contribution in [0.5, 0.6) is 5.75 Å². The summed E-state index contributed by atoms with van der Waals surface area (Å²) < 4.78 is 5.35. The Morgan fingerprint density at radius 2 is 1.86 bits per heavy atom. The SMILES string of the molecule is COc1ccc(Cl)cc1C(=O)N1CCCC1C(=O)N1CCC2(CCCN2C)CC1. The molecule has 1 unspecified atom stereocenters. The maximum Gasteiger partial charge on any atom is 0.258 e. The van der Waals surface area contributed by atoms with Crippen molar-refractivity contribution in [3.8, 4) is 5.75 Å². The van der Waals surface area contributed by atoms with Gasteiger partial charge in [0.2, 0.25) is 5.91 Å². The van der Waals surface area contributed by atoms with Gasteiger partial charge in [0.1, 0.15) is 11.8 Å². The molecule has 3 aliphatic heterocycles. The number of methoxy groups -OCH3 is 1.